The Bertz CT molecular complexity index is 905. The lowest BCUT2D eigenvalue weighted by Gasteiger charge is -2.09. The van der Waals surface area contributed by atoms with E-state index >= 15 is 0 Å². The van der Waals surface area contributed by atoms with Gasteiger partial charge in [-0.3, -0.25) is 4.57 Å². The second-order valence-corrected chi connectivity index (χ2v) is 5.78. The Morgan fingerprint density at radius 1 is 1.31 bits per heavy atom. The monoisotopic (exact) mass is 378 g/mol. The Labute approximate surface area is 155 Å². The molecule has 8 nitrogen and oxygen atoms in total. The van der Waals surface area contributed by atoms with Crippen molar-refractivity contribution in [2.24, 2.45) is 0 Å². The molecule has 0 saturated carbocycles. The Hall–Kier alpha value is -2.42. The van der Waals surface area contributed by atoms with Gasteiger partial charge in [0.15, 0.2) is 0 Å². The van der Waals surface area contributed by atoms with Gasteiger partial charge in [0.1, 0.15) is 12.2 Å². The smallest absolute Gasteiger partial charge is 0.341 e. The maximum absolute atomic E-state index is 11.9. The lowest BCUT2D eigenvalue weighted by Crippen LogP contribution is -2.12. The lowest BCUT2D eigenvalue weighted by atomic mass is 10.3. The fourth-order valence-electron chi connectivity index (χ4n) is 2.45. The van der Waals surface area contributed by atoms with Gasteiger partial charge in [-0.15, -0.1) is 0 Å². The number of nitrogens with zero attached hydrogens (tertiary/aromatic N) is 4. The van der Waals surface area contributed by atoms with Crippen LogP contribution in [-0.2, 0) is 20.9 Å². The molecule has 0 aliphatic heterocycles. The number of hydrogen-bond acceptors (Lipinski definition) is 6. The van der Waals surface area contributed by atoms with Gasteiger partial charge in [-0.25, -0.2) is 14.5 Å². The van der Waals surface area contributed by atoms with Gasteiger partial charge in [-0.1, -0.05) is 17.7 Å². The van der Waals surface area contributed by atoms with Crippen molar-refractivity contribution in [3.8, 4) is 5.95 Å². The molecule has 2 aromatic heterocycles. The van der Waals surface area contributed by atoms with Crippen LogP contribution in [0.1, 0.15) is 17.3 Å². The van der Waals surface area contributed by atoms with Crippen molar-refractivity contribution in [2.75, 3.05) is 26.9 Å². The highest BCUT2D eigenvalue weighted by Gasteiger charge is 2.17. The zero-order valence-corrected chi connectivity index (χ0v) is 15.3. The summed E-state index contributed by atoms with van der Waals surface area (Å²) in [6.07, 6.45) is 3.01. The molecule has 0 atom stereocenters. The van der Waals surface area contributed by atoms with Crippen LogP contribution in [0.2, 0.25) is 5.02 Å². The number of ether oxygens (including phenoxy) is 3. The van der Waals surface area contributed by atoms with Crippen LogP contribution in [0.15, 0.2) is 30.6 Å². The number of halogens is 1. The topological polar surface area (TPSA) is 80.4 Å². The molecule has 0 aliphatic carbocycles. The number of benzene rings is 1. The zero-order valence-electron chi connectivity index (χ0n) is 14.5. The lowest BCUT2D eigenvalue weighted by molar-refractivity contribution is 0.0356. The van der Waals surface area contributed by atoms with Crippen LogP contribution >= 0.6 is 11.6 Å². The molecule has 0 radical (unpaired) electrons. The quantitative estimate of drug-likeness (QED) is 0.443. The summed E-state index contributed by atoms with van der Waals surface area (Å²) in [6.45, 7) is 3.21. The average Bonchev–Trinajstić information content (AvgIpc) is 3.25. The second-order valence-electron chi connectivity index (χ2n) is 5.37. The summed E-state index contributed by atoms with van der Waals surface area (Å²) in [7, 11) is 1.61. The standard InChI is InChI=1S/C17H19ClN4O4/c1-3-26-16(23)12-9-19-22(10-12)17-20-15-13(18)5-4-6-14(15)21(17)11-25-8-7-24-2/h4-6,9-10H,3,7-8,11H2,1-2H3. The summed E-state index contributed by atoms with van der Waals surface area (Å²) in [5.41, 5.74) is 1.78. The van der Waals surface area contributed by atoms with Crippen molar-refractivity contribution >= 4 is 28.6 Å². The van der Waals surface area contributed by atoms with Gasteiger partial charge in [-0.2, -0.15) is 5.10 Å². The number of rotatable bonds is 8. The number of carbonyl (C=O) groups is 1. The number of carbonyl (C=O) groups excluding carboxylic acids is 1. The third-order valence-corrected chi connectivity index (χ3v) is 3.97. The average molecular weight is 379 g/mol. The van der Waals surface area contributed by atoms with Crippen LogP contribution < -0.4 is 0 Å². The van der Waals surface area contributed by atoms with Crippen LogP contribution in [0.3, 0.4) is 0 Å². The molecule has 26 heavy (non-hydrogen) atoms. The minimum Gasteiger partial charge on any atom is -0.462 e. The molecule has 0 saturated heterocycles. The van der Waals surface area contributed by atoms with E-state index in [1.165, 1.54) is 10.9 Å². The van der Waals surface area contributed by atoms with Crippen molar-refractivity contribution in [3.63, 3.8) is 0 Å². The van der Waals surface area contributed by atoms with Crippen LogP contribution in [-0.4, -0.2) is 52.2 Å². The molecule has 2 heterocycles. The molecular formula is C17H19ClN4O4. The molecule has 0 amide bonds. The van der Waals surface area contributed by atoms with Gasteiger partial charge in [0.05, 0.1) is 42.1 Å². The first kappa shape index (κ1) is 18.4. The van der Waals surface area contributed by atoms with Gasteiger partial charge in [0.25, 0.3) is 0 Å². The van der Waals surface area contributed by atoms with Gasteiger partial charge in [0, 0.05) is 13.3 Å². The van der Waals surface area contributed by atoms with E-state index in [1.54, 1.807) is 26.3 Å². The molecule has 0 aliphatic rings. The maximum atomic E-state index is 11.9. The molecular weight excluding hydrogens is 360 g/mol. The first-order chi connectivity index (χ1) is 12.7. The largest absolute Gasteiger partial charge is 0.462 e. The van der Waals surface area contributed by atoms with Crippen molar-refractivity contribution in [1.29, 1.82) is 0 Å². The van der Waals surface area contributed by atoms with Crippen LogP contribution in [0.25, 0.3) is 17.0 Å². The summed E-state index contributed by atoms with van der Waals surface area (Å²) < 4.78 is 19.0. The summed E-state index contributed by atoms with van der Waals surface area (Å²) in [4.78, 5) is 16.5. The predicted molar refractivity (Wildman–Crippen MR) is 95.6 cm³/mol. The number of methoxy groups -OCH3 is 1. The Balaban J connectivity index is 1.98. The Morgan fingerprint density at radius 3 is 2.92 bits per heavy atom. The SMILES string of the molecule is CCOC(=O)c1cnn(-c2nc3c(Cl)cccc3n2COCCOC)c1. The molecule has 0 spiro atoms. The molecule has 0 fully saturated rings. The maximum Gasteiger partial charge on any atom is 0.341 e. The Morgan fingerprint density at radius 2 is 2.15 bits per heavy atom. The van der Waals surface area contributed by atoms with E-state index in [4.69, 9.17) is 25.8 Å². The van der Waals surface area contributed by atoms with Crippen LogP contribution in [0, 0.1) is 0 Å². The normalized spacial score (nSPS) is 11.2. The first-order valence-corrected chi connectivity index (χ1v) is 8.47. The van der Waals surface area contributed by atoms with E-state index in [9.17, 15) is 4.79 Å². The Kier molecular flexibility index (Phi) is 5.87. The molecule has 138 valence electrons. The fraction of sp³-hybridized carbons (Fsp3) is 0.353. The number of imidazole rings is 1. The summed E-state index contributed by atoms with van der Waals surface area (Å²) >= 11 is 6.27. The number of fused-ring (bicyclic) bond motifs is 1. The van der Waals surface area contributed by atoms with Crippen LogP contribution in [0.5, 0.6) is 0 Å². The summed E-state index contributed by atoms with van der Waals surface area (Å²) in [5.74, 6) is 0.0526. The molecule has 0 bridgehead atoms. The molecule has 3 aromatic rings. The highest BCUT2D eigenvalue weighted by Crippen LogP contribution is 2.25. The van der Waals surface area contributed by atoms with Gasteiger partial charge in [0.2, 0.25) is 5.95 Å². The number of aromatic nitrogens is 4. The predicted octanol–water partition coefficient (Wildman–Crippen LogP) is 2.67. The minimum atomic E-state index is -0.434. The molecule has 9 heteroatoms. The minimum absolute atomic E-state index is 0.240. The molecule has 1 aromatic carbocycles. The van der Waals surface area contributed by atoms with E-state index in [2.05, 4.69) is 10.1 Å². The van der Waals surface area contributed by atoms with Crippen molar-refractivity contribution in [1.82, 2.24) is 19.3 Å². The van der Waals surface area contributed by atoms with E-state index in [0.29, 0.717) is 41.9 Å². The molecule has 0 unspecified atom stereocenters. The second kappa shape index (κ2) is 8.31. The van der Waals surface area contributed by atoms with E-state index < -0.39 is 5.97 Å². The number of esters is 1. The highest BCUT2D eigenvalue weighted by molar-refractivity contribution is 6.34. The fourth-order valence-corrected chi connectivity index (χ4v) is 2.66. The van der Waals surface area contributed by atoms with E-state index in [0.717, 1.165) is 5.52 Å². The number of hydrogen-bond donors (Lipinski definition) is 0. The first-order valence-electron chi connectivity index (χ1n) is 8.09. The van der Waals surface area contributed by atoms with E-state index in [1.807, 2.05) is 16.7 Å². The number of para-hydroxylation sites is 1. The third kappa shape index (κ3) is 3.72. The van der Waals surface area contributed by atoms with Crippen molar-refractivity contribution in [2.45, 2.75) is 13.7 Å². The highest BCUT2D eigenvalue weighted by atomic mass is 35.5. The summed E-state index contributed by atoms with van der Waals surface area (Å²) in [5, 5.41) is 4.75. The zero-order chi connectivity index (χ0) is 18.5. The third-order valence-electron chi connectivity index (χ3n) is 3.66. The summed E-state index contributed by atoms with van der Waals surface area (Å²) in [6, 6.07) is 5.51. The van der Waals surface area contributed by atoms with E-state index in [-0.39, 0.29) is 6.73 Å². The van der Waals surface area contributed by atoms with Gasteiger partial charge < -0.3 is 14.2 Å². The van der Waals surface area contributed by atoms with Crippen molar-refractivity contribution < 1.29 is 19.0 Å². The van der Waals surface area contributed by atoms with Crippen molar-refractivity contribution in [3.05, 3.63) is 41.2 Å². The van der Waals surface area contributed by atoms with Crippen LogP contribution in [0.4, 0.5) is 0 Å². The molecule has 3 rings (SSSR count). The molecule has 0 N–H and O–H groups in total. The van der Waals surface area contributed by atoms with Gasteiger partial charge in [-0.05, 0) is 19.1 Å². The van der Waals surface area contributed by atoms with Gasteiger partial charge >= 0.3 is 5.97 Å².